The molecule has 0 aliphatic heterocycles. The molecule has 1 N–H and O–H groups in total. The minimum absolute atomic E-state index is 0.488. The largest absolute Gasteiger partial charge is 0.311 e. The molecule has 1 aliphatic rings. The number of aryl methyl sites for hydroxylation is 1. The average Bonchev–Trinajstić information content (AvgIpc) is 2.47. The molecule has 1 heterocycles. The van der Waals surface area contributed by atoms with Gasteiger partial charge < -0.3 is 5.32 Å². The van der Waals surface area contributed by atoms with Crippen molar-refractivity contribution in [1.29, 1.82) is 0 Å². The lowest BCUT2D eigenvalue weighted by Gasteiger charge is -2.37. The Kier molecular flexibility index (Phi) is 5.80. The molecular weight excluding hydrogens is 256 g/mol. The zero-order chi connectivity index (χ0) is 15.3. The second-order valence-corrected chi connectivity index (χ2v) is 7.68. The molecule has 1 fully saturated rings. The Morgan fingerprint density at radius 3 is 2.52 bits per heavy atom. The van der Waals surface area contributed by atoms with Gasteiger partial charge in [0.1, 0.15) is 0 Å². The van der Waals surface area contributed by atoms with Gasteiger partial charge in [0.15, 0.2) is 0 Å². The summed E-state index contributed by atoms with van der Waals surface area (Å²) in [5, 5.41) is 3.64. The maximum Gasteiger partial charge on any atom is 0.0573 e. The van der Waals surface area contributed by atoms with Crippen LogP contribution in [0, 0.1) is 17.3 Å². The fourth-order valence-corrected chi connectivity index (χ4v) is 3.58. The zero-order valence-electron chi connectivity index (χ0n) is 14.3. The molecule has 1 aromatic heterocycles. The molecule has 0 radical (unpaired) electrons. The first-order chi connectivity index (χ1) is 10.0. The van der Waals surface area contributed by atoms with Crippen molar-refractivity contribution in [1.82, 2.24) is 10.3 Å². The van der Waals surface area contributed by atoms with Gasteiger partial charge in [-0.3, -0.25) is 4.98 Å². The van der Waals surface area contributed by atoms with E-state index >= 15 is 0 Å². The highest BCUT2D eigenvalue weighted by Crippen LogP contribution is 2.39. The number of pyridine rings is 1. The van der Waals surface area contributed by atoms with Crippen LogP contribution in [-0.4, -0.2) is 11.5 Å². The van der Waals surface area contributed by atoms with Crippen LogP contribution in [0.1, 0.15) is 64.6 Å². The van der Waals surface area contributed by atoms with Crippen LogP contribution in [0.5, 0.6) is 0 Å². The lowest BCUT2D eigenvalue weighted by Crippen LogP contribution is -2.30. The van der Waals surface area contributed by atoms with Crippen molar-refractivity contribution in [3.63, 3.8) is 0 Å². The molecule has 1 aliphatic carbocycles. The van der Waals surface area contributed by atoms with E-state index in [9.17, 15) is 0 Å². The number of nitrogens with zero attached hydrogens (tertiary/aromatic N) is 1. The van der Waals surface area contributed by atoms with E-state index in [0.717, 1.165) is 31.3 Å². The Balaban J connectivity index is 1.73. The molecule has 2 heteroatoms. The highest BCUT2D eigenvalue weighted by molar-refractivity contribution is 5.19. The normalized spacial score (nSPS) is 23.2. The SMILES string of the molecule is CCc1cccnc1CNCC1CCC(C(C)(C)C)CC1. The maximum atomic E-state index is 4.51. The molecule has 0 amide bonds. The van der Waals surface area contributed by atoms with Gasteiger partial charge in [-0.25, -0.2) is 0 Å². The summed E-state index contributed by atoms with van der Waals surface area (Å²) in [4.78, 5) is 4.51. The van der Waals surface area contributed by atoms with E-state index < -0.39 is 0 Å². The molecule has 2 rings (SSSR count). The Labute approximate surface area is 130 Å². The van der Waals surface area contributed by atoms with Crippen LogP contribution >= 0.6 is 0 Å². The molecule has 1 aromatic rings. The van der Waals surface area contributed by atoms with E-state index in [0.29, 0.717) is 5.41 Å². The molecule has 0 bridgehead atoms. The van der Waals surface area contributed by atoms with E-state index in [4.69, 9.17) is 0 Å². The topological polar surface area (TPSA) is 24.9 Å². The van der Waals surface area contributed by atoms with Crippen LogP contribution in [0.2, 0.25) is 0 Å². The Morgan fingerprint density at radius 2 is 1.90 bits per heavy atom. The van der Waals surface area contributed by atoms with Gasteiger partial charge in [-0.2, -0.15) is 0 Å². The smallest absolute Gasteiger partial charge is 0.0573 e. The Bertz CT molecular complexity index is 425. The van der Waals surface area contributed by atoms with E-state index in [2.05, 4.69) is 44.1 Å². The monoisotopic (exact) mass is 288 g/mol. The highest BCUT2D eigenvalue weighted by Gasteiger charge is 2.29. The van der Waals surface area contributed by atoms with Crippen LogP contribution in [0.3, 0.4) is 0 Å². The van der Waals surface area contributed by atoms with Crippen LogP contribution in [0.15, 0.2) is 18.3 Å². The van der Waals surface area contributed by atoms with Gasteiger partial charge >= 0.3 is 0 Å². The number of hydrogen-bond donors (Lipinski definition) is 1. The van der Waals surface area contributed by atoms with Gasteiger partial charge in [0.25, 0.3) is 0 Å². The Morgan fingerprint density at radius 1 is 1.19 bits per heavy atom. The van der Waals surface area contributed by atoms with Crippen LogP contribution in [-0.2, 0) is 13.0 Å². The average molecular weight is 288 g/mol. The van der Waals surface area contributed by atoms with E-state index in [1.54, 1.807) is 0 Å². The maximum absolute atomic E-state index is 4.51. The van der Waals surface area contributed by atoms with Crippen molar-refractivity contribution in [2.75, 3.05) is 6.54 Å². The van der Waals surface area contributed by atoms with Gasteiger partial charge in [0.05, 0.1) is 5.69 Å². The fraction of sp³-hybridized carbons (Fsp3) is 0.737. The molecule has 21 heavy (non-hydrogen) atoms. The van der Waals surface area contributed by atoms with Gasteiger partial charge in [-0.15, -0.1) is 0 Å². The van der Waals surface area contributed by atoms with Crippen molar-refractivity contribution in [2.24, 2.45) is 17.3 Å². The molecular formula is C19H32N2. The van der Waals surface area contributed by atoms with Crippen LogP contribution in [0.25, 0.3) is 0 Å². The molecule has 0 saturated heterocycles. The van der Waals surface area contributed by atoms with Crippen molar-refractivity contribution in [3.8, 4) is 0 Å². The molecule has 0 atom stereocenters. The second-order valence-electron chi connectivity index (χ2n) is 7.68. The molecule has 0 unspecified atom stereocenters. The van der Waals surface area contributed by atoms with Crippen molar-refractivity contribution in [2.45, 2.75) is 66.3 Å². The summed E-state index contributed by atoms with van der Waals surface area (Å²) in [5.74, 6) is 1.77. The molecule has 0 aromatic carbocycles. The number of rotatable bonds is 5. The second kappa shape index (κ2) is 7.40. The molecule has 2 nitrogen and oxygen atoms in total. The summed E-state index contributed by atoms with van der Waals surface area (Å²) >= 11 is 0. The number of aromatic nitrogens is 1. The first-order valence-electron chi connectivity index (χ1n) is 8.64. The van der Waals surface area contributed by atoms with Crippen molar-refractivity contribution in [3.05, 3.63) is 29.6 Å². The molecule has 1 saturated carbocycles. The van der Waals surface area contributed by atoms with Crippen LogP contribution in [0.4, 0.5) is 0 Å². The standard InChI is InChI=1S/C19H32N2/c1-5-16-7-6-12-21-18(16)14-20-13-15-8-10-17(11-9-15)19(2,3)4/h6-7,12,15,17,20H,5,8-11,13-14H2,1-4H3. The molecule has 118 valence electrons. The lowest BCUT2D eigenvalue weighted by atomic mass is 9.70. The minimum Gasteiger partial charge on any atom is -0.311 e. The predicted octanol–water partition coefficient (Wildman–Crippen LogP) is 4.59. The third kappa shape index (κ3) is 4.81. The van der Waals surface area contributed by atoms with Gasteiger partial charge in [0, 0.05) is 12.7 Å². The van der Waals surface area contributed by atoms with E-state index in [1.165, 1.54) is 36.9 Å². The highest BCUT2D eigenvalue weighted by atomic mass is 14.9. The van der Waals surface area contributed by atoms with E-state index in [1.807, 2.05) is 12.3 Å². The summed E-state index contributed by atoms with van der Waals surface area (Å²) in [6, 6.07) is 4.23. The summed E-state index contributed by atoms with van der Waals surface area (Å²) in [6.07, 6.45) is 8.56. The third-order valence-electron chi connectivity index (χ3n) is 5.16. The zero-order valence-corrected chi connectivity index (χ0v) is 14.3. The quantitative estimate of drug-likeness (QED) is 0.857. The predicted molar refractivity (Wildman–Crippen MR) is 90.2 cm³/mol. The first kappa shape index (κ1) is 16.5. The number of nitrogens with one attached hydrogen (secondary N) is 1. The van der Waals surface area contributed by atoms with Gasteiger partial charge in [-0.1, -0.05) is 33.8 Å². The summed E-state index contributed by atoms with van der Waals surface area (Å²) in [5.41, 5.74) is 3.09. The third-order valence-corrected chi connectivity index (χ3v) is 5.16. The fourth-order valence-electron chi connectivity index (χ4n) is 3.58. The lowest BCUT2D eigenvalue weighted by molar-refractivity contribution is 0.149. The van der Waals surface area contributed by atoms with E-state index in [-0.39, 0.29) is 0 Å². The van der Waals surface area contributed by atoms with Gasteiger partial charge in [-0.05, 0) is 67.5 Å². The van der Waals surface area contributed by atoms with Gasteiger partial charge in [0.2, 0.25) is 0 Å². The Hall–Kier alpha value is -0.890. The first-order valence-corrected chi connectivity index (χ1v) is 8.64. The van der Waals surface area contributed by atoms with Crippen molar-refractivity contribution < 1.29 is 0 Å². The van der Waals surface area contributed by atoms with Crippen LogP contribution < -0.4 is 5.32 Å². The minimum atomic E-state index is 0.488. The van der Waals surface area contributed by atoms with Crippen molar-refractivity contribution >= 4 is 0 Å². The summed E-state index contributed by atoms with van der Waals surface area (Å²) < 4.78 is 0. The summed E-state index contributed by atoms with van der Waals surface area (Å²) in [7, 11) is 0. The molecule has 0 spiro atoms. The summed E-state index contributed by atoms with van der Waals surface area (Å²) in [6.45, 7) is 11.4. The number of hydrogen-bond acceptors (Lipinski definition) is 2.